The SMILES string of the molecule is CCN(CC)CCCCNCC(=O)c1ccc2c(c1)CC(C)N2. The molecule has 1 aliphatic rings. The van der Waals surface area contributed by atoms with Crippen molar-refractivity contribution in [3.05, 3.63) is 29.3 Å². The molecule has 1 heterocycles. The number of rotatable bonds is 10. The second-order valence-corrected chi connectivity index (χ2v) is 6.46. The summed E-state index contributed by atoms with van der Waals surface area (Å²) in [7, 11) is 0. The molecule has 0 fully saturated rings. The van der Waals surface area contributed by atoms with Crippen LogP contribution in [0.2, 0.25) is 0 Å². The van der Waals surface area contributed by atoms with Gasteiger partial charge in [0.25, 0.3) is 0 Å². The van der Waals surface area contributed by atoms with Crippen LogP contribution in [0.25, 0.3) is 0 Å². The lowest BCUT2D eigenvalue weighted by atomic mass is 10.0. The molecule has 1 unspecified atom stereocenters. The van der Waals surface area contributed by atoms with E-state index in [1.54, 1.807) is 0 Å². The average molecular weight is 317 g/mol. The zero-order valence-electron chi connectivity index (χ0n) is 14.8. The number of hydrogen-bond donors (Lipinski definition) is 2. The van der Waals surface area contributed by atoms with Crippen LogP contribution in [-0.4, -0.2) is 49.4 Å². The molecule has 0 spiro atoms. The van der Waals surface area contributed by atoms with E-state index in [0.29, 0.717) is 12.6 Å². The van der Waals surface area contributed by atoms with E-state index in [1.165, 1.54) is 17.7 Å². The second kappa shape index (κ2) is 9.04. The molecule has 1 aromatic rings. The number of anilines is 1. The molecule has 0 aromatic heterocycles. The lowest BCUT2D eigenvalue weighted by molar-refractivity contribution is 0.0991. The smallest absolute Gasteiger partial charge is 0.176 e. The van der Waals surface area contributed by atoms with Crippen molar-refractivity contribution in [2.24, 2.45) is 0 Å². The molecule has 0 amide bonds. The van der Waals surface area contributed by atoms with Crippen LogP contribution in [0.15, 0.2) is 18.2 Å². The van der Waals surface area contributed by atoms with Gasteiger partial charge in [-0.15, -0.1) is 0 Å². The van der Waals surface area contributed by atoms with Gasteiger partial charge in [0.15, 0.2) is 5.78 Å². The van der Waals surface area contributed by atoms with E-state index in [9.17, 15) is 4.79 Å². The highest BCUT2D eigenvalue weighted by Crippen LogP contribution is 2.26. The number of fused-ring (bicyclic) bond motifs is 1. The van der Waals surface area contributed by atoms with Crippen molar-refractivity contribution in [1.29, 1.82) is 0 Å². The molecular formula is C19H31N3O. The van der Waals surface area contributed by atoms with Crippen LogP contribution in [-0.2, 0) is 6.42 Å². The van der Waals surface area contributed by atoms with E-state index in [0.717, 1.165) is 44.6 Å². The first-order valence-corrected chi connectivity index (χ1v) is 8.99. The fourth-order valence-electron chi connectivity index (χ4n) is 3.15. The molecule has 128 valence electrons. The van der Waals surface area contributed by atoms with Gasteiger partial charge in [0.05, 0.1) is 6.54 Å². The molecule has 4 heteroatoms. The van der Waals surface area contributed by atoms with Crippen LogP contribution < -0.4 is 10.6 Å². The van der Waals surface area contributed by atoms with Gasteiger partial charge in [-0.05, 0) is 76.1 Å². The number of ketones is 1. The van der Waals surface area contributed by atoms with Gasteiger partial charge in [-0.1, -0.05) is 13.8 Å². The standard InChI is InChI=1S/C19H31N3O/c1-4-22(5-2)11-7-6-10-20-14-19(23)16-8-9-18-17(13-16)12-15(3)21-18/h8-9,13,15,20-21H,4-7,10-12,14H2,1-3H3. The number of carbonyl (C=O) groups excluding carboxylic acids is 1. The predicted octanol–water partition coefficient (Wildman–Crippen LogP) is 2.94. The Morgan fingerprint density at radius 3 is 2.83 bits per heavy atom. The molecule has 0 radical (unpaired) electrons. The van der Waals surface area contributed by atoms with E-state index < -0.39 is 0 Å². The number of carbonyl (C=O) groups is 1. The third-order valence-electron chi connectivity index (χ3n) is 4.61. The Kier molecular flexibility index (Phi) is 7.06. The summed E-state index contributed by atoms with van der Waals surface area (Å²) in [5, 5.41) is 6.70. The first kappa shape index (κ1) is 18.0. The maximum atomic E-state index is 12.3. The molecule has 2 rings (SSSR count). The lowest BCUT2D eigenvalue weighted by Crippen LogP contribution is -2.27. The maximum absolute atomic E-state index is 12.3. The van der Waals surface area contributed by atoms with Gasteiger partial charge in [0.1, 0.15) is 0 Å². The summed E-state index contributed by atoms with van der Waals surface area (Å²) in [6.07, 6.45) is 3.32. The highest BCUT2D eigenvalue weighted by Gasteiger charge is 2.18. The molecular weight excluding hydrogens is 286 g/mol. The van der Waals surface area contributed by atoms with E-state index in [-0.39, 0.29) is 5.78 Å². The van der Waals surface area contributed by atoms with Crippen LogP contribution in [0.1, 0.15) is 49.5 Å². The zero-order valence-corrected chi connectivity index (χ0v) is 14.8. The van der Waals surface area contributed by atoms with Crippen LogP contribution in [0.5, 0.6) is 0 Å². The Labute approximate surface area is 140 Å². The largest absolute Gasteiger partial charge is 0.382 e. The molecule has 4 nitrogen and oxygen atoms in total. The van der Waals surface area contributed by atoms with Gasteiger partial charge >= 0.3 is 0 Å². The van der Waals surface area contributed by atoms with Crippen LogP contribution in [0.4, 0.5) is 5.69 Å². The zero-order chi connectivity index (χ0) is 16.7. The summed E-state index contributed by atoms with van der Waals surface area (Å²) in [4.78, 5) is 14.7. The van der Waals surface area contributed by atoms with Crippen molar-refractivity contribution >= 4 is 11.5 Å². The summed E-state index contributed by atoms with van der Waals surface area (Å²) in [6.45, 7) is 11.3. The number of nitrogens with zero attached hydrogens (tertiary/aromatic N) is 1. The Balaban J connectivity index is 1.67. The van der Waals surface area contributed by atoms with Gasteiger partial charge in [0.2, 0.25) is 0 Å². The van der Waals surface area contributed by atoms with Gasteiger partial charge in [-0.3, -0.25) is 4.79 Å². The average Bonchev–Trinajstić information content (AvgIpc) is 2.93. The number of nitrogens with one attached hydrogen (secondary N) is 2. The molecule has 0 bridgehead atoms. The van der Waals surface area contributed by atoms with Gasteiger partial charge in [-0.2, -0.15) is 0 Å². The summed E-state index contributed by atoms with van der Waals surface area (Å²) >= 11 is 0. The quantitative estimate of drug-likeness (QED) is 0.514. The summed E-state index contributed by atoms with van der Waals surface area (Å²) in [5.41, 5.74) is 3.27. The molecule has 2 N–H and O–H groups in total. The van der Waals surface area contributed by atoms with Crippen LogP contribution in [0, 0.1) is 0 Å². The summed E-state index contributed by atoms with van der Waals surface area (Å²) in [5.74, 6) is 0.191. The molecule has 23 heavy (non-hydrogen) atoms. The highest BCUT2D eigenvalue weighted by molar-refractivity contribution is 5.98. The van der Waals surface area contributed by atoms with Gasteiger partial charge in [-0.25, -0.2) is 0 Å². The summed E-state index contributed by atoms with van der Waals surface area (Å²) < 4.78 is 0. The number of hydrogen-bond acceptors (Lipinski definition) is 4. The molecule has 1 aromatic carbocycles. The molecule has 0 saturated heterocycles. The van der Waals surface area contributed by atoms with Crippen molar-refractivity contribution in [2.75, 3.05) is 38.0 Å². The van der Waals surface area contributed by atoms with Crippen molar-refractivity contribution < 1.29 is 4.79 Å². The normalized spacial score (nSPS) is 16.4. The van der Waals surface area contributed by atoms with E-state index >= 15 is 0 Å². The fourth-order valence-corrected chi connectivity index (χ4v) is 3.15. The van der Waals surface area contributed by atoms with E-state index in [4.69, 9.17) is 0 Å². The fraction of sp³-hybridized carbons (Fsp3) is 0.632. The van der Waals surface area contributed by atoms with Crippen molar-refractivity contribution in [3.8, 4) is 0 Å². The minimum atomic E-state index is 0.191. The van der Waals surface area contributed by atoms with Crippen molar-refractivity contribution in [2.45, 2.75) is 46.1 Å². The maximum Gasteiger partial charge on any atom is 0.176 e. The second-order valence-electron chi connectivity index (χ2n) is 6.46. The first-order valence-electron chi connectivity index (χ1n) is 8.99. The number of benzene rings is 1. The third kappa shape index (κ3) is 5.33. The van der Waals surface area contributed by atoms with Crippen LogP contribution >= 0.6 is 0 Å². The third-order valence-corrected chi connectivity index (χ3v) is 4.61. The number of unbranched alkanes of at least 4 members (excludes halogenated alkanes) is 1. The minimum Gasteiger partial charge on any atom is -0.382 e. The molecule has 1 atom stereocenters. The lowest BCUT2D eigenvalue weighted by Gasteiger charge is -2.17. The molecule has 0 aliphatic carbocycles. The van der Waals surface area contributed by atoms with Crippen LogP contribution in [0.3, 0.4) is 0 Å². The minimum absolute atomic E-state index is 0.191. The Morgan fingerprint density at radius 1 is 1.30 bits per heavy atom. The van der Waals surface area contributed by atoms with Crippen molar-refractivity contribution in [1.82, 2.24) is 10.2 Å². The van der Waals surface area contributed by atoms with Gasteiger partial charge < -0.3 is 15.5 Å². The highest BCUT2D eigenvalue weighted by atomic mass is 16.1. The number of Topliss-reactive ketones (excluding diaryl/α,β-unsaturated/α-hetero) is 1. The van der Waals surface area contributed by atoms with E-state index in [1.807, 2.05) is 12.1 Å². The topological polar surface area (TPSA) is 44.4 Å². The Hall–Kier alpha value is -1.39. The summed E-state index contributed by atoms with van der Waals surface area (Å²) in [6, 6.07) is 6.50. The van der Waals surface area contributed by atoms with E-state index in [2.05, 4.69) is 42.4 Å². The first-order chi connectivity index (χ1) is 11.1. The Bertz CT molecular complexity index is 511. The molecule has 0 saturated carbocycles. The van der Waals surface area contributed by atoms with Crippen molar-refractivity contribution in [3.63, 3.8) is 0 Å². The monoisotopic (exact) mass is 317 g/mol. The predicted molar refractivity (Wildman–Crippen MR) is 97.5 cm³/mol. The van der Waals surface area contributed by atoms with Gasteiger partial charge in [0, 0.05) is 17.3 Å². The molecule has 1 aliphatic heterocycles. The Morgan fingerprint density at radius 2 is 2.09 bits per heavy atom.